The van der Waals surface area contributed by atoms with Gasteiger partial charge in [-0.2, -0.15) is 0 Å². The van der Waals surface area contributed by atoms with Crippen molar-refractivity contribution in [2.45, 2.75) is 25.6 Å². The van der Waals surface area contributed by atoms with Crippen LogP contribution in [-0.2, 0) is 24.4 Å². The van der Waals surface area contributed by atoms with Crippen molar-refractivity contribution >= 4 is 28.5 Å². The first-order valence-electron chi connectivity index (χ1n) is 10.1. The molecule has 0 aliphatic carbocycles. The van der Waals surface area contributed by atoms with Crippen molar-refractivity contribution in [3.05, 3.63) is 101 Å². The maximum Gasteiger partial charge on any atom is 0.321 e. The van der Waals surface area contributed by atoms with E-state index in [1.165, 1.54) is 0 Å². The van der Waals surface area contributed by atoms with E-state index in [1.807, 2.05) is 72.9 Å². The van der Waals surface area contributed by atoms with Crippen molar-refractivity contribution in [2.75, 3.05) is 0 Å². The van der Waals surface area contributed by atoms with E-state index in [1.54, 1.807) is 6.07 Å². The van der Waals surface area contributed by atoms with Crippen molar-refractivity contribution in [3.63, 3.8) is 0 Å². The molecule has 3 N–H and O–H groups in total. The summed E-state index contributed by atoms with van der Waals surface area (Å²) < 4.78 is 5.80. The first-order valence-corrected chi connectivity index (χ1v) is 10.4. The molecule has 0 aliphatic heterocycles. The number of nitrogens with one attached hydrogen (secondary N) is 2. The minimum absolute atomic E-state index is 0.380. The molecule has 4 rings (SSSR count). The smallest absolute Gasteiger partial charge is 0.321 e. The van der Waals surface area contributed by atoms with E-state index < -0.39 is 12.0 Å². The summed E-state index contributed by atoms with van der Waals surface area (Å²) in [4.78, 5) is 15.0. The second-order valence-corrected chi connectivity index (χ2v) is 7.78. The Morgan fingerprint density at radius 1 is 1.03 bits per heavy atom. The molecule has 0 saturated heterocycles. The SMILES string of the molecule is O=C(O)C(Cc1c[nH]c2ccccc12)NCc1ccc(OCc2ccccc2)c(Cl)c1. The van der Waals surface area contributed by atoms with Crippen LogP contribution in [0.5, 0.6) is 5.75 Å². The third kappa shape index (κ3) is 5.26. The Kier molecular flexibility index (Phi) is 6.55. The van der Waals surface area contributed by atoms with Gasteiger partial charge in [-0.1, -0.05) is 66.2 Å². The van der Waals surface area contributed by atoms with Gasteiger partial charge in [0.1, 0.15) is 18.4 Å². The van der Waals surface area contributed by atoms with Crippen LogP contribution in [0.15, 0.2) is 79.0 Å². The fourth-order valence-corrected chi connectivity index (χ4v) is 3.77. The molecule has 31 heavy (non-hydrogen) atoms. The molecule has 3 aromatic carbocycles. The van der Waals surface area contributed by atoms with Gasteiger partial charge in [0, 0.05) is 30.1 Å². The number of aromatic nitrogens is 1. The normalized spacial score (nSPS) is 12.0. The van der Waals surface area contributed by atoms with E-state index in [2.05, 4.69) is 10.3 Å². The molecule has 0 aliphatic rings. The van der Waals surface area contributed by atoms with E-state index in [0.29, 0.717) is 30.3 Å². The number of aromatic amines is 1. The lowest BCUT2D eigenvalue weighted by Crippen LogP contribution is -2.38. The number of rotatable bonds is 9. The van der Waals surface area contributed by atoms with Crippen molar-refractivity contribution in [1.29, 1.82) is 0 Å². The molecular formula is C25H23ClN2O3. The molecule has 0 radical (unpaired) electrons. The van der Waals surface area contributed by atoms with Crippen LogP contribution in [0.4, 0.5) is 0 Å². The van der Waals surface area contributed by atoms with Gasteiger partial charge >= 0.3 is 5.97 Å². The summed E-state index contributed by atoms with van der Waals surface area (Å²) in [6.45, 7) is 0.821. The second-order valence-electron chi connectivity index (χ2n) is 7.37. The fourth-order valence-electron chi connectivity index (χ4n) is 3.51. The van der Waals surface area contributed by atoms with Gasteiger partial charge in [-0.25, -0.2) is 0 Å². The van der Waals surface area contributed by atoms with Gasteiger partial charge < -0.3 is 20.1 Å². The Morgan fingerprint density at radius 2 is 1.81 bits per heavy atom. The molecule has 0 spiro atoms. The molecule has 5 nitrogen and oxygen atoms in total. The maximum atomic E-state index is 11.8. The molecule has 1 unspecified atom stereocenters. The molecular weight excluding hydrogens is 412 g/mol. The number of H-pyrrole nitrogens is 1. The van der Waals surface area contributed by atoms with Crippen LogP contribution < -0.4 is 10.1 Å². The largest absolute Gasteiger partial charge is 0.487 e. The number of aliphatic carboxylic acids is 1. The highest BCUT2D eigenvalue weighted by molar-refractivity contribution is 6.32. The van der Waals surface area contributed by atoms with Crippen molar-refractivity contribution < 1.29 is 14.6 Å². The molecule has 0 fully saturated rings. The average molecular weight is 435 g/mol. The van der Waals surface area contributed by atoms with Crippen LogP contribution in [0.1, 0.15) is 16.7 Å². The van der Waals surface area contributed by atoms with Crippen molar-refractivity contribution in [1.82, 2.24) is 10.3 Å². The molecule has 0 saturated carbocycles. The summed E-state index contributed by atoms with van der Waals surface area (Å²) in [6.07, 6.45) is 2.25. The number of carboxylic acid groups (broad SMARTS) is 1. The summed E-state index contributed by atoms with van der Waals surface area (Å²) in [5, 5.41) is 14.3. The van der Waals surface area contributed by atoms with Gasteiger partial charge in [0.05, 0.1) is 5.02 Å². The highest BCUT2D eigenvalue weighted by Crippen LogP contribution is 2.26. The number of hydrogen-bond acceptors (Lipinski definition) is 3. The summed E-state index contributed by atoms with van der Waals surface area (Å²) in [6, 6.07) is 22.5. The van der Waals surface area contributed by atoms with E-state index in [9.17, 15) is 9.90 Å². The number of fused-ring (bicyclic) bond motifs is 1. The molecule has 6 heteroatoms. The standard InChI is InChI=1S/C25H23ClN2O3/c26-21-12-18(10-11-24(21)31-16-17-6-2-1-3-7-17)14-27-23(25(29)30)13-19-15-28-22-9-5-4-8-20(19)22/h1-12,15,23,27-28H,13-14,16H2,(H,29,30). The molecule has 1 atom stereocenters. The summed E-state index contributed by atoms with van der Waals surface area (Å²) in [7, 11) is 0. The first-order chi connectivity index (χ1) is 15.1. The first kappa shape index (κ1) is 21.0. The van der Waals surface area contributed by atoms with Crippen LogP contribution in [0, 0.1) is 0 Å². The van der Waals surface area contributed by atoms with Crippen LogP contribution in [0.2, 0.25) is 5.02 Å². The van der Waals surface area contributed by atoms with Crippen LogP contribution in [0.3, 0.4) is 0 Å². The number of ether oxygens (including phenoxy) is 1. The average Bonchev–Trinajstić information content (AvgIpc) is 3.19. The minimum atomic E-state index is -0.890. The molecule has 0 amide bonds. The monoisotopic (exact) mass is 434 g/mol. The van der Waals surface area contributed by atoms with Crippen molar-refractivity contribution in [3.8, 4) is 5.75 Å². The lowest BCUT2D eigenvalue weighted by Gasteiger charge is -2.15. The van der Waals surface area contributed by atoms with Gasteiger partial charge in [0.15, 0.2) is 0 Å². The summed E-state index contributed by atoms with van der Waals surface area (Å²) in [5.74, 6) is -0.290. The quantitative estimate of drug-likeness (QED) is 0.339. The van der Waals surface area contributed by atoms with Crippen LogP contribution in [0.25, 0.3) is 10.9 Å². The van der Waals surface area contributed by atoms with E-state index >= 15 is 0 Å². The molecule has 158 valence electrons. The third-order valence-corrected chi connectivity index (χ3v) is 5.48. The van der Waals surface area contributed by atoms with Gasteiger partial charge in [-0.05, 0) is 34.9 Å². The van der Waals surface area contributed by atoms with Gasteiger partial charge in [0.25, 0.3) is 0 Å². The molecule has 0 bridgehead atoms. The number of halogens is 1. The molecule has 1 aromatic heterocycles. The van der Waals surface area contributed by atoms with Crippen LogP contribution in [-0.4, -0.2) is 22.1 Å². The van der Waals surface area contributed by atoms with Gasteiger partial charge in [-0.15, -0.1) is 0 Å². The third-order valence-electron chi connectivity index (χ3n) is 5.18. The fraction of sp³-hybridized carbons (Fsp3) is 0.160. The number of benzene rings is 3. The predicted octanol–water partition coefficient (Wildman–Crippen LogP) is 5.19. The van der Waals surface area contributed by atoms with Gasteiger partial charge in [0.2, 0.25) is 0 Å². The molecule has 4 aromatic rings. The molecule has 1 heterocycles. The summed E-state index contributed by atoms with van der Waals surface area (Å²) in [5.41, 5.74) is 3.92. The Hall–Kier alpha value is -3.28. The Morgan fingerprint density at radius 3 is 2.58 bits per heavy atom. The highest BCUT2D eigenvalue weighted by atomic mass is 35.5. The number of para-hydroxylation sites is 1. The zero-order valence-corrected chi connectivity index (χ0v) is 17.6. The maximum absolute atomic E-state index is 11.8. The van der Waals surface area contributed by atoms with Gasteiger partial charge in [-0.3, -0.25) is 4.79 Å². The van der Waals surface area contributed by atoms with E-state index in [-0.39, 0.29) is 0 Å². The number of hydrogen-bond donors (Lipinski definition) is 3. The zero-order chi connectivity index (χ0) is 21.6. The lowest BCUT2D eigenvalue weighted by molar-refractivity contribution is -0.139. The van der Waals surface area contributed by atoms with E-state index in [4.69, 9.17) is 16.3 Å². The van der Waals surface area contributed by atoms with E-state index in [0.717, 1.165) is 27.6 Å². The Balaban J connectivity index is 1.38. The number of carboxylic acids is 1. The predicted molar refractivity (Wildman–Crippen MR) is 122 cm³/mol. The minimum Gasteiger partial charge on any atom is -0.487 e. The Bertz CT molecular complexity index is 1170. The summed E-state index contributed by atoms with van der Waals surface area (Å²) >= 11 is 6.38. The highest BCUT2D eigenvalue weighted by Gasteiger charge is 2.19. The van der Waals surface area contributed by atoms with Crippen LogP contribution >= 0.6 is 11.6 Å². The topological polar surface area (TPSA) is 74.3 Å². The number of carbonyl (C=O) groups is 1. The zero-order valence-electron chi connectivity index (χ0n) is 16.8. The second kappa shape index (κ2) is 9.69. The van der Waals surface area contributed by atoms with Crippen molar-refractivity contribution in [2.24, 2.45) is 0 Å². The lowest BCUT2D eigenvalue weighted by atomic mass is 10.0. The Labute approximate surface area is 185 Å².